The van der Waals surface area contributed by atoms with Crippen molar-refractivity contribution in [3.63, 3.8) is 0 Å². The number of aromatic nitrogens is 5. The van der Waals surface area contributed by atoms with Gasteiger partial charge in [0.25, 0.3) is 5.91 Å². The number of amides is 1. The third kappa shape index (κ3) is 4.43. The molecule has 2 heterocycles. The van der Waals surface area contributed by atoms with E-state index in [1.165, 1.54) is 4.80 Å². The van der Waals surface area contributed by atoms with Gasteiger partial charge in [-0.15, -0.1) is 4.80 Å². The van der Waals surface area contributed by atoms with Crippen LogP contribution in [0.2, 0.25) is 0 Å². The summed E-state index contributed by atoms with van der Waals surface area (Å²) in [5, 5.41) is 11.0. The van der Waals surface area contributed by atoms with Gasteiger partial charge in [-0.2, -0.15) is 10.2 Å². The first-order valence-electron chi connectivity index (χ1n) is 9.10. The Hall–Kier alpha value is -3.49. The highest BCUT2D eigenvalue weighted by molar-refractivity contribution is 5.96. The monoisotopic (exact) mass is 381 g/mol. The van der Waals surface area contributed by atoms with Crippen LogP contribution in [0, 0.1) is 0 Å². The molecule has 0 spiro atoms. The molecule has 146 valence electrons. The zero-order chi connectivity index (χ0) is 19.9. The van der Waals surface area contributed by atoms with E-state index < -0.39 is 5.91 Å². The second-order valence-corrected chi connectivity index (χ2v) is 6.21. The molecule has 3 aromatic rings. The van der Waals surface area contributed by atoms with E-state index in [9.17, 15) is 4.79 Å². The average Bonchev–Trinajstić information content (AvgIpc) is 3.25. The summed E-state index contributed by atoms with van der Waals surface area (Å²) in [4.78, 5) is 22.7. The molecule has 2 aromatic heterocycles. The predicted molar refractivity (Wildman–Crippen MR) is 104 cm³/mol. The van der Waals surface area contributed by atoms with Crippen molar-refractivity contribution in [1.29, 1.82) is 0 Å². The molecule has 1 amide bonds. The predicted octanol–water partition coefficient (Wildman–Crippen LogP) is 1.96. The number of rotatable bonds is 8. The first kappa shape index (κ1) is 19.3. The van der Waals surface area contributed by atoms with E-state index in [0.717, 1.165) is 12.2 Å². The van der Waals surface area contributed by atoms with Crippen LogP contribution in [0.1, 0.15) is 42.4 Å². The van der Waals surface area contributed by atoms with Gasteiger partial charge in [0.2, 0.25) is 0 Å². The highest BCUT2D eigenvalue weighted by Gasteiger charge is 2.22. The van der Waals surface area contributed by atoms with Crippen molar-refractivity contribution in [2.75, 3.05) is 18.9 Å². The molecule has 1 atom stereocenters. The Morgan fingerprint density at radius 3 is 2.61 bits per heavy atom. The van der Waals surface area contributed by atoms with Crippen LogP contribution in [0.15, 0.2) is 42.7 Å². The molecule has 1 unspecified atom stereocenters. The Morgan fingerprint density at radius 1 is 1.21 bits per heavy atom. The molecule has 0 saturated carbocycles. The topological polar surface area (TPSA) is 121 Å². The lowest BCUT2D eigenvalue weighted by molar-refractivity contribution is 0.0942. The number of nitrogens with zero attached hydrogens (tertiary/aromatic N) is 5. The lowest BCUT2D eigenvalue weighted by Crippen LogP contribution is -2.30. The second kappa shape index (κ2) is 8.94. The van der Waals surface area contributed by atoms with Gasteiger partial charge in [0, 0.05) is 5.92 Å². The Labute approximate surface area is 162 Å². The molecule has 0 bridgehead atoms. The maximum atomic E-state index is 12.6. The third-order valence-electron chi connectivity index (χ3n) is 4.23. The first-order valence-corrected chi connectivity index (χ1v) is 9.10. The van der Waals surface area contributed by atoms with Gasteiger partial charge in [-0.05, 0) is 18.6 Å². The van der Waals surface area contributed by atoms with Gasteiger partial charge < -0.3 is 15.8 Å². The van der Waals surface area contributed by atoms with Gasteiger partial charge in [-0.3, -0.25) is 4.79 Å². The fraction of sp³-hybridized carbons (Fsp3) is 0.316. The van der Waals surface area contributed by atoms with Crippen LogP contribution in [0.5, 0.6) is 5.75 Å². The number of ether oxygens (including phenoxy) is 1. The van der Waals surface area contributed by atoms with Crippen molar-refractivity contribution in [3.8, 4) is 11.6 Å². The van der Waals surface area contributed by atoms with Crippen LogP contribution >= 0.6 is 0 Å². The van der Waals surface area contributed by atoms with Crippen molar-refractivity contribution in [2.45, 2.75) is 26.2 Å². The molecule has 0 aliphatic carbocycles. The standard InChI is InChI=1S/C19H23N7O2/c1-3-13(2)15-18(26-22-9-10-23-26)25-17(20)16(24-15)19(27)21-11-12-28-14-7-5-4-6-8-14/h4-10,13H,3,11-12H2,1-2H3,(H2,20,25)(H,21,27). The number of carbonyl (C=O) groups is 1. The van der Waals surface area contributed by atoms with E-state index in [1.807, 2.05) is 44.2 Å². The summed E-state index contributed by atoms with van der Waals surface area (Å²) in [6, 6.07) is 9.39. The third-order valence-corrected chi connectivity index (χ3v) is 4.23. The van der Waals surface area contributed by atoms with Crippen molar-refractivity contribution < 1.29 is 9.53 Å². The highest BCUT2D eigenvalue weighted by atomic mass is 16.5. The number of hydrogen-bond donors (Lipinski definition) is 2. The molecule has 0 saturated heterocycles. The molecule has 0 aliphatic rings. The number of para-hydroxylation sites is 1. The molecule has 28 heavy (non-hydrogen) atoms. The number of nitrogens with one attached hydrogen (secondary N) is 1. The molecule has 3 rings (SSSR count). The maximum absolute atomic E-state index is 12.6. The van der Waals surface area contributed by atoms with E-state index in [4.69, 9.17) is 10.5 Å². The largest absolute Gasteiger partial charge is 0.492 e. The first-order chi connectivity index (χ1) is 13.6. The van der Waals surface area contributed by atoms with Gasteiger partial charge in [-0.25, -0.2) is 9.97 Å². The molecular formula is C19H23N7O2. The normalized spacial score (nSPS) is 11.8. The van der Waals surface area contributed by atoms with Gasteiger partial charge in [-0.1, -0.05) is 32.0 Å². The fourth-order valence-corrected chi connectivity index (χ4v) is 2.55. The number of hydrogen-bond acceptors (Lipinski definition) is 7. The lowest BCUT2D eigenvalue weighted by Gasteiger charge is -2.15. The smallest absolute Gasteiger partial charge is 0.273 e. The summed E-state index contributed by atoms with van der Waals surface area (Å²) in [6.07, 6.45) is 3.91. The minimum Gasteiger partial charge on any atom is -0.492 e. The SMILES string of the molecule is CCC(C)c1nc(C(=O)NCCOc2ccccc2)c(N)nc1-n1nccn1. The minimum absolute atomic E-state index is 0.0285. The van der Waals surface area contributed by atoms with E-state index in [0.29, 0.717) is 24.7 Å². The van der Waals surface area contributed by atoms with Crippen LogP contribution in [0.3, 0.4) is 0 Å². The van der Waals surface area contributed by atoms with E-state index in [1.54, 1.807) is 12.4 Å². The Bertz CT molecular complexity index is 914. The molecule has 9 heteroatoms. The van der Waals surface area contributed by atoms with Gasteiger partial charge in [0.15, 0.2) is 17.3 Å². The molecule has 0 radical (unpaired) electrons. The van der Waals surface area contributed by atoms with E-state index in [2.05, 4.69) is 25.5 Å². The molecular weight excluding hydrogens is 358 g/mol. The van der Waals surface area contributed by atoms with Crippen LogP contribution < -0.4 is 15.8 Å². The fourth-order valence-electron chi connectivity index (χ4n) is 2.55. The Balaban J connectivity index is 1.72. The maximum Gasteiger partial charge on any atom is 0.273 e. The summed E-state index contributed by atoms with van der Waals surface area (Å²) in [5.41, 5.74) is 6.71. The number of anilines is 1. The molecule has 0 fully saturated rings. The number of nitrogen functional groups attached to an aromatic ring is 1. The molecule has 1 aromatic carbocycles. The van der Waals surface area contributed by atoms with Crippen molar-refractivity contribution in [3.05, 3.63) is 54.1 Å². The summed E-state index contributed by atoms with van der Waals surface area (Å²) in [5.74, 6) is 0.862. The average molecular weight is 381 g/mol. The van der Waals surface area contributed by atoms with Gasteiger partial charge in [0.1, 0.15) is 12.4 Å². The van der Waals surface area contributed by atoms with Crippen LogP contribution in [0.4, 0.5) is 5.82 Å². The summed E-state index contributed by atoms with van der Waals surface area (Å²) >= 11 is 0. The summed E-state index contributed by atoms with van der Waals surface area (Å²) < 4.78 is 5.57. The minimum atomic E-state index is -0.397. The van der Waals surface area contributed by atoms with Gasteiger partial charge >= 0.3 is 0 Å². The van der Waals surface area contributed by atoms with Crippen LogP contribution in [-0.2, 0) is 0 Å². The second-order valence-electron chi connectivity index (χ2n) is 6.21. The van der Waals surface area contributed by atoms with Crippen molar-refractivity contribution in [2.24, 2.45) is 0 Å². The number of nitrogens with two attached hydrogens (primary N) is 1. The summed E-state index contributed by atoms with van der Waals surface area (Å²) in [7, 11) is 0. The molecule has 9 nitrogen and oxygen atoms in total. The van der Waals surface area contributed by atoms with E-state index >= 15 is 0 Å². The van der Waals surface area contributed by atoms with Crippen molar-refractivity contribution in [1.82, 2.24) is 30.3 Å². The Kier molecular flexibility index (Phi) is 6.15. The van der Waals surface area contributed by atoms with Crippen molar-refractivity contribution >= 4 is 11.7 Å². The summed E-state index contributed by atoms with van der Waals surface area (Å²) in [6.45, 7) is 4.68. The van der Waals surface area contributed by atoms with Crippen LogP contribution in [0.25, 0.3) is 5.82 Å². The number of benzene rings is 1. The zero-order valence-electron chi connectivity index (χ0n) is 15.9. The van der Waals surface area contributed by atoms with Crippen LogP contribution in [-0.4, -0.2) is 44.0 Å². The lowest BCUT2D eigenvalue weighted by atomic mass is 10.0. The Morgan fingerprint density at radius 2 is 1.93 bits per heavy atom. The molecule has 0 aliphatic heterocycles. The number of carbonyl (C=O) groups excluding carboxylic acids is 1. The zero-order valence-corrected chi connectivity index (χ0v) is 15.9. The highest BCUT2D eigenvalue weighted by Crippen LogP contribution is 2.24. The quantitative estimate of drug-likeness (QED) is 0.572. The molecule has 3 N–H and O–H groups in total. The van der Waals surface area contributed by atoms with E-state index in [-0.39, 0.29) is 17.4 Å². The van der Waals surface area contributed by atoms with Gasteiger partial charge in [0.05, 0.1) is 24.6 Å².